The fourth-order valence-corrected chi connectivity index (χ4v) is 2.19. The van der Waals surface area contributed by atoms with Crippen molar-refractivity contribution in [2.24, 2.45) is 0 Å². The number of carbonyl (C=O) groups excluding carboxylic acids is 3. The summed E-state index contributed by atoms with van der Waals surface area (Å²) in [6.45, 7) is -0.373. The van der Waals surface area contributed by atoms with E-state index in [-0.39, 0.29) is 18.1 Å². The van der Waals surface area contributed by atoms with Crippen molar-refractivity contribution < 1.29 is 23.9 Å². The number of fused-ring (bicyclic) bond motifs is 1. The van der Waals surface area contributed by atoms with Crippen LogP contribution in [0.4, 0.5) is 0 Å². The third-order valence-electron chi connectivity index (χ3n) is 3.31. The van der Waals surface area contributed by atoms with Crippen molar-refractivity contribution in [3.8, 4) is 0 Å². The molecule has 0 atom stereocenters. The predicted octanol–water partition coefficient (Wildman–Crippen LogP) is 2.62. The Morgan fingerprint density at radius 2 is 1.61 bits per heavy atom. The maximum atomic E-state index is 11.9. The molecule has 3 rings (SSSR count). The van der Waals surface area contributed by atoms with Crippen LogP contribution in [0.5, 0.6) is 0 Å². The van der Waals surface area contributed by atoms with Crippen LogP contribution >= 0.6 is 0 Å². The maximum Gasteiger partial charge on any atom is 0.344 e. The van der Waals surface area contributed by atoms with E-state index >= 15 is 0 Å². The fraction of sp³-hybridized carbons (Fsp3) is 0.0556. The van der Waals surface area contributed by atoms with E-state index in [0.29, 0.717) is 16.7 Å². The number of ether oxygens (including phenoxy) is 2. The number of rotatable bonds is 4. The molecule has 5 heteroatoms. The fourth-order valence-electron chi connectivity index (χ4n) is 2.19. The molecule has 2 aromatic carbocycles. The van der Waals surface area contributed by atoms with Gasteiger partial charge in [0, 0.05) is 11.1 Å². The van der Waals surface area contributed by atoms with Crippen LogP contribution < -0.4 is 0 Å². The normalized spacial score (nSPS) is 14.3. The highest BCUT2D eigenvalue weighted by Crippen LogP contribution is 2.29. The molecule has 0 N–H and O–H groups in total. The minimum atomic E-state index is -0.742. The maximum absolute atomic E-state index is 11.9. The Kier molecular flexibility index (Phi) is 4.01. The lowest BCUT2D eigenvalue weighted by Gasteiger charge is -2.02. The highest BCUT2D eigenvalue weighted by Gasteiger charge is 2.26. The van der Waals surface area contributed by atoms with Crippen molar-refractivity contribution in [3.05, 3.63) is 77.4 Å². The second-order valence-corrected chi connectivity index (χ2v) is 4.84. The Bertz CT molecular complexity index is 805. The Labute approximate surface area is 132 Å². The first-order valence-corrected chi connectivity index (χ1v) is 6.93. The average Bonchev–Trinajstić information content (AvgIpc) is 2.90. The van der Waals surface area contributed by atoms with E-state index in [2.05, 4.69) is 0 Å². The van der Waals surface area contributed by atoms with Gasteiger partial charge >= 0.3 is 11.9 Å². The second kappa shape index (κ2) is 6.27. The summed E-state index contributed by atoms with van der Waals surface area (Å²) in [5.41, 5.74) is 1.39. The van der Waals surface area contributed by atoms with Gasteiger partial charge in [-0.15, -0.1) is 0 Å². The topological polar surface area (TPSA) is 69.7 Å². The molecule has 5 nitrogen and oxygen atoms in total. The van der Waals surface area contributed by atoms with E-state index < -0.39 is 11.9 Å². The lowest BCUT2D eigenvalue weighted by Crippen LogP contribution is -2.12. The zero-order valence-corrected chi connectivity index (χ0v) is 12.0. The number of Topliss-reactive ketones (excluding diaryl/α,β-unsaturated/α-hetero) is 1. The third kappa shape index (κ3) is 3.18. The van der Waals surface area contributed by atoms with Crippen LogP contribution in [-0.4, -0.2) is 24.3 Å². The Morgan fingerprint density at radius 3 is 2.35 bits per heavy atom. The van der Waals surface area contributed by atoms with Crippen LogP contribution in [0.15, 0.2) is 60.7 Å². The molecule has 114 valence electrons. The van der Waals surface area contributed by atoms with Crippen LogP contribution in [-0.2, 0) is 14.3 Å². The summed E-state index contributed by atoms with van der Waals surface area (Å²) in [6.07, 6.45) is 1.07. The monoisotopic (exact) mass is 308 g/mol. The Balaban J connectivity index is 1.66. The van der Waals surface area contributed by atoms with Crippen molar-refractivity contribution in [3.63, 3.8) is 0 Å². The molecule has 0 saturated heterocycles. The summed E-state index contributed by atoms with van der Waals surface area (Å²) in [5.74, 6) is -1.43. The Morgan fingerprint density at radius 1 is 0.957 bits per heavy atom. The molecule has 0 amide bonds. The number of hydrogen-bond acceptors (Lipinski definition) is 5. The second-order valence-electron chi connectivity index (χ2n) is 4.84. The van der Waals surface area contributed by atoms with E-state index in [4.69, 9.17) is 9.47 Å². The van der Waals surface area contributed by atoms with E-state index in [9.17, 15) is 14.4 Å². The summed E-state index contributed by atoms with van der Waals surface area (Å²) in [4.78, 5) is 35.3. The van der Waals surface area contributed by atoms with Gasteiger partial charge in [0.15, 0.2) is 12.4 Å². The van der Waals surface area contributed by atoms with Gasteiger partial charge in [-0.05, 0) is 6.07 Å². The molecule has 1 heterocycles. The molecule has 0 saturated carbocycles. The highest BCUT2D eigenvalue weighted by atomic mass is 16.6. The summed E-state index contributed by atoms with van der Waals surface area (Å²) >= 11 is 0. The van der Waals surface area contributed by atoms with Crippen LogP contribution in [0.3, 0.4) is 0 Å². The van der Waals surface area contributed by atoms with E-state index in [1.54, 1.807) is 54.6 Å². The number of cyclic esters (lactones) is 1. The number of esters is 2. The predicted molar refractivity (Wildman–Crippen MR) is 81.6 cm³/mol. The van der Waals surface area contributed by atoms with Crippen LogP contribution in [0.2, 0.25) is 0 Å². The quantitative estimate of drug-likeness (QED) is 0.493. The number of ketones is 1. The summed E-state index contributed by atoms with van der Waals surface area (Å²) < 4.78 is 9.94. The lowest BCUT2D eigenvalue weighted by atomic mass is 10.1. The summed E-state index contributed by atoms with van der Waals surface area (Å²) in [6, 6.07) is 15.3. The number of carbonyl (C=O) groups is 3. The van der Waals surface area contributed by atoms with Crippen LogP contribution in [0, 0.1) is 0 Å². The molecular weight excluding hydrogens is 296 g/mol. The van der Waals surface area contributed by atoms with Gasteiger partial charge in [0.2, 0.25) is 0 Å². The van der Waals surface area contributed by atoms with Gasteiger partial charge in [-0.1, -0.05) is 48.5 Å². The molecule has 0 radical (unpaired) electrons. The lowest BCUT2D eigenvalue weighted by molar-refractivity contribution is -0.136. The molecule has 0 bridgehead atoms. The smallest absolute Gasteiger partial charge is 0.344 e. The van der Waals surface area contributed by atoms with Crippen molar-refractivity contribution in [1.29, 1.82) is 0 Å². The summed E-state index contributed by atoms with van der Waals surface area (Å²) in [7, 11) is 0. The SMILES string of the molecule is O=C(C=C1OC(=O)c2ccccc21)OCC(=O)c1ccccc1. The molecule has 23 heavy (non-hydrogen) atoms. The van der Waals surface area contributed by atoms with Crippen LogP contribution in [0.25, 0.3) is 5.76 Å². The molecular formula is C18H12O5. The highest BCUT2D eigenvalue weighted by molar-refractivity contribution is 6.06. The van der Waals surface area contributed by atoms with E-state index in [1.165, 1.54) is 0 Å². The molecule has 2 aromatic rings. The standard InChI is InChI=1S/C18H12O5/c19-15(12-6-2-1-3-7-12)11-22-17(20)10-16-13-8-4-5-9-14(13)18(21)23-16/h1-10H,11H2. The van der Waals surface area contributed by atoms with Gasteiger partial charge in [0.05, 0.1) is 11.6 Å². The zero-order chi connectivity index (χ0) is 16.2. The van der Waals surface area contributed by atoms with Crippen LogP contribution in [0.1, 0.15) is 26.3 Å². The molecule has 0 aromatic heterocycles. The first-order valence-electron chi connectivity index (χ1n) is 6.93. The van der Waals surface area contributed by atoms with Gasteiger partial charge in [-0.2, -0.15) is 0 Å². The molecule has 0 unspecified atom stereocenters. The van der Waals surface area contributed by atoms with Crippen molar-refractivity contribution in [1.82, 2.24) is 0 Å². The third-order valence-corrected chi connectivity index (χ3v) is 3.31. The Hall–Kier alpha value is -3.21. The molecule has 0 fully saturated rings. The average molecular weight is 308 g/mol. The molecule has 1 aliphatic heterocycles. The minimum Gasteiger partial charge on any atom is -0.454 e. The van der Waals surface area contributed by atoms with Crippen molar-refractivity contribution >= 4 is 23.5 Å². The van der Waals surface area contributed by atoms with Gasteiger partial charge in [0.1, 0.15) is 5.76 Å². The van der Waals surface area contributed by atoms with Gasteiger partial charge in [0.25, 0.3) is 0 Å². The van der Waals surface area contributed by atoms with Gasteiger partial charge in [-0.25, -0.2) is 9.59 Å². The molecule has 0 spiro atoms. The number of benzene rings is 2. The molecule has 1 aliphatic rings. The first-order chi connectivity index (χ1) is 11.1. The van der Waals surface area contributed by atoms with Crippen molar-refractivity contribution in [2.75, 3.05) is 6.61 Å². The minimum absolute atomic E-state index is 0.128. The van der Waals surface area contributed by atoms with E-state index in [0.717, 1.165) is 6.08 Å². The van der Waals surface area contributed by atoms with Crippen molar-refractivity contribution in [2.45, 2.75) is 0 Å². The zero-order valence-electron chi connectivity index (χ0n) is 12.0. The largest absolute Gasteiger partial charge is 0.454 e. The summed E-state index contributed by atoms with van der Waals surface area (Å²) in [5, 5.41) is 0. The first kappa shape index (κ1) is 14.7. The van der Waals surface area contributed by atoms with E-state index in [1.807, 2.05) is 0 Å². The number of hydrogen-bond donors (Lipinski definition) is 0. The van der Waals surface area contributed by atoms with Gasteiger partial charge < -0.3 is 9.47 Å². The molecule has 0 aliphatic carbocycles. The van der Waals surface area contributed by atoms with Gasteiger partial charge in [-0.3, -0.25) is 4.79 Å².